The molecule has 1 amide bonds. The number of ether oxygens (including phenoxy) is 2. The van der Waals surface area contributed by atoms with E-state index >= 15 is 4.39 Å². The fourth-order valence-corrected chi connectivity index (χ4v) is 3.50. The minimum atomic E-state index is -0.834. The number of anilines is 2. The quantitative estimate of drug-likeness (QED) is 0.526. The van der Waals surface area contributed by atoms with Crippen LogP contribution in [-0.4, -0.2) is 33.7 Å². The minimum Gasteiger partial charge on any atom is -0.451 e. The van der Waals surface area contributed by atoms with E-state index in [0.29, 0.717) is 18.0 Å². The van der Waals surface area contributed by atoms with Crippen LogP contribution in [0.5, 0.6) is 11.5 Å². The number of hydrogen-bond donors (Lipinski definition) is 1. The molecular formula is C23H23F2N5O3. The molecule has 1 aliphatic heterocycles. The largest absolute Gasteiger partial charge is 0.451 e. The highest BCUT2D eigenvalue weighted by Crippen LogP contribution is 2.33. The van der Waals surface area contributed by atoms with Gasteiger partial charge in [0, 0.05) is 5.56 Å². The first kappa shape index (κ1) is 22.4. The number of nitrogens with one attached hydrogen (secondary N) is 1. The van der Waals surface area contributed by atoms with E-state index in [4.69, 9.17) is 9.47 Å². The third-order valence-corrected chi connectivity index (χ3v) is 5.24. The summed E-state index contributed by atoms with van der Waals surface area (Å²) in [5, 5.41) is 3.00. The van der Waals surface area contributed by atoms with Gasteiger partial charge in [-0.1, -0.05) is 31.2 Å². The number of nitrogens with zero attached hydrogens (tertiary/aromatic N) is 4. The Morgan fingerprint density at radius 2 is 1.94 bits per heavy atom. The van der Waals surface area contributed by atoms with Crippen LogP contribution < -0.4 is 15.0 Å². The molecule has 1 fully saturated rings. The fourth-order valence-electron chi connectivity index (χ4n) is 3.50. The summed E-state index contributed by atoms with van der Waals surface area (Å²) in [6.07, 6.45) is 0.138. The number of rotatable bonds is 7. The van der Waals surface area contributed by atoms with Crippen LogP contribution >= 0.6 is 0 Å². The van der Waals surface area contributed by atoms with E-state index in [1.54, 1.807) is 44.2 Å². The summed E-state index contributed by atoms with van der Waals surface area (Å²) in [4.78, 5) is 26.4. The Morgan fingerprint density at radius 1 is 1.18 bits per heavy atom. The van der Waals surface area contributed by atoms with Gasteiger partial charge in [-0.3, -0.25) is 0 Å². The van der Waals surface area contributed by atoms with E-state index < -0.39 is 29.5 Å². The van der Waals surface area contributed by atoms with Gasteiger partial charge in [0.15, 0.2) is 17.4 Å². The predicted molar refractivity (Wildman–Crippen MR) is 117 cm³/mol. The fraction of sp³-hybridized carbons (Fsp3) is 0.304. The Kier molecular flexibility index (Phi) is 6.34. The smallest absolute Gasteiger partial charge is 0.417 e. The number of carbonyl (C=O) groups excluding carboxylic acids is 1. The molecule has 10 heteroatoms. The maximum absolute atomic E-state index is 15.2. The predicted octanol–water partition coefficient (Wildman–Crippen LogP) is 5.16. The molecule has 172 valence electrons. The summed E-state index contributed by atoms with van der Waals surface area (Å²) in [5.74, 6) is -1.16. The summed E-state index contributed by atoms with van der Waals surface area (Å²) in [6.45, 7) is 5.53. The zero-order valence-electron chi connectivity index (χ0n) is 18.4. The highest BCUT2D eigenvalue weighted by molar-refractivity contribution is 5.88. The molecule has 0 radical (unpaired) electrons. The van der Waals surface area contributed by atoms with Gasteiger partial charge >= 0.3 is 6.09 Å². The van der Waals surface area contributed by atoms with Crippen molar-refractivity contribution < 1.29 is 23.0 Å². The van der Waals surface area contributed by atoms with Crippen molar-refractivity contribution in [3.63, 3.8) is 0 Å². The van der Waals surface area contributed by atoms with Gasteiger partial charge in [0.25, 0.3) is 0 Å². The number of benzene rings is 2. The zero-order chi connectivity index (χ0) is 23.5. The van der Waals surface area contributed by atoms with E-state index in [0.717, 1.165) is 6.07 Å². The Hall–Kier alpha value is -3.82. The van der Waals surface area contributed by atoms with E-state index in [9.17, 15) is 9.18 Å². The lowest BCUT2D eigenvalue weighted by Crippen LogP contribution is -2.34. The van der Waals surface area contributed by atoms with Gasteiger partial charge in [0.1, 0.15) is 18.2 Å². The standard InChI is InChI=1S/C23H23F2N5O3/c1-4-15-12-32-23(31)30(15)22-28-14(3)27-21(29-22)26-13(2)17-10-11-18(24)20(19(17)25)33-16-8-6-5-7-9-16/h5-11,13,15H,4,12H2,1-3H3,(H,26,27,28,29)/t13-,15-/m0/s1. The van der Waals surface area contributed by atoms with Gasteiger partial charge in [-0.15, -0.1) is 0 Å². The molecule has 0 unspecified atom stereocenters. The second kappa shape index (κ2) is 9.35. The number of halogens is 2. The van der Waals surface area contributed by atoms with E-state index in [2.05, 4.69) is 20.3 Å². The number of para-hydroxylation sites is 1. The first-order valence-electron chi connectivity index (χ1n) is 10.5. The van der Waals surface area contributed by atoms with Crippen molar-refractivity contribution in [3.05, 3.63) is 65.5 Å². The summed E-state index contributed by atoms with van der Waals surface area (Å²) in [5.41, 5.74) is 0.161. The number of amides is 1. The SMILES string of the molecule is CC[C@H]1COC(=O)N1c1nc(C)nc(N[C@@H](C)c2ccc(F)c(Oc3ccccc3)c2F)n1. The molecule has 2 atom stereocenters. The lowest BCUT2D eigenvalue weighted by Gasteiger charge is -2.20. The van der Waals surface area contributed by atoms with Gasteiger partial charge < -0.3 is 14.8 Å². The third kappa shape index (κ3) is 4.69. The third-order valence-electron chi connectivity index (χ3n) is 5.24. The molecule has 33 heavy (non-hydrogen) atoms. The van der Waals surface area contributed by atoms with Gasteiger partial charge in [0.05, 0.1) is 12.1 Å². The number of cyclic esters (lactones) is 1. The van der Waals surface area contributed by atoms with Crippen LogP contribution in [0.15, 0.2) is 42.5 Å². The molecular weight excluding hydrogens is 432 g/mol. The van der Waals surface area contributed by atoms with Crippen molar-refractivity contribution in [2.75, 3.05) is 16.8 Å². The molecule has 8 nitrogen and oxygen atoms in total. The van der Waals surface area contributed by atoms with Crippen LogP contribution in [0.4, 0.5) is 25.5 Å². The van der Waals surface area contributed by atoms with E-state index in [1.807, 2.05) is 6.92 Å². The molecule has 1 aliphatic rings. The Balaban J connectivity index is 1.60. The monoisotopic (exact) mass is 455 g/mol. The summed E-state index contributed by atoms with van der Waals surface area (Å²) in [7, 11) is 0. The lowest BCUT2D eigenvalue weighted by molar-refractivity contribution is 0.178. The van der Waals surface area contributed by atoms with Gasteiger partial charge in [0.2, 0.25) is 11.9 Å². The number of hydrogen-bond acceptors (Lipinski definition) is 7. The first-order valence-corrected chi connectivity index (χ1v) is 10.5. The summed E-state index contributed by atoms with van der Waals surface area (Å²) >= 11 is 0. The molecule has 4 rings (SSSR count). The number of carbonyl (C=O) groups is 1. The Morgan fingerprint density at radius 3 is 2.67 bits per heavy atom. The summed E-state index contributed by atoms with van der Waals surface area (Å²) < 4.78 is 40.1. The molecule has 0 spiro atoms. The van der Waals surface area contributed by atoms with Crippen molar-refractivity contribution in [1.82, 2.24) is 15.0 Å². The van der Waals surface area contributed by atoms with Crippen LogP contribution in [0.25, 0.3) is 0 Å². The average Bonchev–Trinajstić information content (AvgIpc) is 3.17. The maximum Gasteiger partial charge on any atom is 0.417 e. The zero-order valence-corrected chi connectivity index (χ0v) is 18.4. The molecule has 1 N–H and O–H groups in total. The molecule has 0 saturated carbocycles. The molecule has 0 aliphatic carbocycles. The molecule has 1 saturated heterocycles. The van der Waals surface area contributed by atoms with Crippen LogP contribution in [0, 0.1) is 18.6 Å². The number of aryl methyl sites for hydroxylation is 1. The molecule has 1 aromatic heterocycles. The van der Waals surface area contributed by atoms with Crippen molar-refractivity contribution in [2.45, 2.75) is 39.3 Å². The highest BCUT2D eigenvalue weighted by Gasteiger charge is 2.35. The Bertz CT molecular complexity index is 1160. The van der Waals surface area contributed by atoms with Crippen molar-refractivity contribution in [2.24, 2.45) is 0 Å². The maximum atomic E-state index is 15.2. The average molecular weight is 455 g/mol. The second-order valence-corrected chi connectivity index (χ2v) is 7.58. The Labute approximate surface area is 189 Å². The van der Waals surface area contributed by atoms with E-state index in [-0.39, 0.29) is 30.1 Å². The van der Waals surface area contributed by atoms with Crippen LogP contribution in [0.2, 0.25) is 0 Å². The topological polar surface area (TPSA) is 89.5 Å². The van der Waals surface area contributed by atoms with Gasteiger partial charge in [-0.2, -0.15) is 15.0 Å². The molecule has 0 bridgehead atoms. The number of aromatic nitrogens is 3. The van der Waals surface area contributed by atoms with Crippen LogP contribution in [0.3, 0.4) is 0 Å². The van der Waals surface area contributed by atoms with Gasteiger partial charge in [-0.25, -0.2) is 18.5 Å². The van der Waals surface area contributed by atoms with Crippen molar-refractivity contribution in [3.8, 4) is 11.5 Å². The summed E-state index contributed by atoms with van der Waals surface area (Å²) in [6, 6.07) is 10.0. The van der Waals surface area contributed by atoms with Crippen LogP contribution in [-0.2, 0) is 4.74 Å². The normalized spacial score (nSPS) is 16.5. The van der Waals surface area contributed by atoms with Gasteiger partial charge in [-0.05, 0) is 38.5 Å². The van der Waals surface area contributed by atoms with Crippen LogP contribution in [0.1, 0.15) is 37.7 Å². The molecule has 2 heterocycles. The lowest BCUT2D eigenvalue weighted by atomic mass is 10.1. The highest BCUT2D eigenvalue weighted by atomic mass is 19.1. The van der Waals surface area contributed by atoms with E-state index in [1.165, 1.54) is 11.0 Å². The first-order chi connectivity index (χ1) is 15.9. The van der Waals surface area contributed by atoms with Crippen molar-refractivity contribution >= 4 is 18.0 Å². The second-order valence-electron chi connectivity index (χ2n) is 7.58. The van der Waals surface area contributed by atoms with Crippen molar-refractivity contribution in [1.29, 1.82) is 0 Å². The minimum absolute atomic E-state index is 0.147. The molecule has 3 aromatic rings. The molecule has 2 aromatic carbocycles.